The van der Waals surface area contributed by atoms with Crippen molar-refractivity contribution in [2.24, 2.45) is 0 Å². The molecule has 0 aliphatic carbocycles. The molecule has 0 fully saturated rings. The first-order valence-electron chi connectivity index (χ1n) is 5.02. The van der Waals surface area contributed by atoms with Gasteiger partial charge in [0.25, 0.3) is 0 Å². The van der Waals surface area contributed by atoms with Crippen LogP contribution in [0.1, 0.15) is 34.1 Å². The number of allylic oxidation sites excluding steroid dienone is 3. The average molecular weight is 228 g/mol. The third-order valence-electron chi connectivity index (χ3n) is 1.80. The molecule has 0 saturated heterocycles. The van der Waals surface area contributed by atoms with Crippen LogP contribution in [-0.4, -0.2) is 17.3 Å². The zero-order valence-electron chi connectivity index (χ0n) is 9.91. The quantitative estimate of drug-likeness (QED) is 0.444. The van der Waals surface area contributed by atoms with E-state index in [4.69, 9.17) is 4.74 Å². The van der Waals surface area contributed by atoms with Gasteiger partial charge in [0.1, 0.15) is 0 Å². The van der Waals surface area contributed by atoms with Crippen molar-refractivity contribution in [3.05, 3.63) is 23.8 Å². The maximum atomic E-state index is 10.6. The van der Waals surface area contributed by atoms with Crippen molar-refractivity contribution in [3.63, 3.8) is 0 Å². The first-order valence-corrected chi connectivity index (χ1v) is 5.47. The minimum atomic E-state index is -0.243. The topological polar surface area (TPSA) is 26.3 Å². The molecule has 0 amide bonds. The second-order valence-corrected chi connectivity index (χ2v) is 5.07. The Morgan fingerprint density at radius 1 is 1.40 bits per heavy atom. The fourth-order valence-corrected chi connectivity index (χ4v) is 1.11. The Labute approximate surface area is 97.8 Å². The van der Waals surface area contributed by atoms with E-state index in [-0.39, 0.29) is 10.7 Å². The van der Waals surface area contributed by atoms with Crippen LogP contribution in [0.2, 0.25) is 0 Å². The first kappa shape index (κ1) is 14.3. The standard InChI is InChI=1S/C12H20O2S/c1-10(2)6-5-7-12(4,15)8-9-14-11(3)13/h5-7,15H,8-9H2,1-4H3. The Morgan fingerprint density at radius 3 is 2.47 bits per heavy atom. The Kier molecular flexibility index (Phi) is 6.41. The molecule has 0 aromatic heterocycles. The van der Waals surface area contributed by atoms with Crippen LogP contribution in [0, 0.1) is 0 Å². The van der Waals surface area contributed by atoms with E-state index in [1.165, 1.54) is 12.5 Å². The summed E-state index contributed by atoms with van der Waals surface area (Å²) >= 11 is 4.48. The molecule has 0 N–H and O–H groups in total. The molecule has 86 valence electrons. The van der Waals surface area contributed by atoms with Crippen LogP contribution in [0.3, 0.4) is 0 Å². The normalized spacial score (nSPS) is 14.7. The Hall–Kier alpha value is -0.700. The minimum Gasteiger partial charge on any atom is -0.466 e. The molecule has 0 heterocycles. The van der Waals surface area contributed by atoms with E-state index in [2.05, 4.69) is 12.6 Å². The molecule has 0 bridgehead atoms. The molecule has 1 atom stereocenters. The maximum Gasteiger partial charge on any atom is 0.302 e. The van der Waals surface area contributed by atoms with Gasteiger partial charge in [-0.2, -0.15) is 12.6 Å². The van der Waals surface area contributed by atoms with Gasteiger partial charge in [0.05, 0.1) is 6.61 Å². The summed E-state index contributed by atoms with van der Waals surface area (Å²) in [5.74, 6) is -0.243. The summed E-state index contributed by atoms with van der Waals surface area (Å²) < 4.78 is 4.63. The third kappa shape index (κ3) is 9.60. The van der Waals surface area contributed by atoms with Gasteiger partial charge in [0.15, 0.2) is 0 Å². The van der Waals surface area contributed by atoms with Gasteiger partial charge in [-0.05, 0) is 27.2 Å². The van der Waals surface area contributed by atoms with Crippen molar-refractivity contribution in [1.29, 1.82) is 0 Å². The van der Waals surface area contributed by atoms with Crippen LogP contribution in [0.4, 0.5) is 0 Å². The third-order valence-corrected chi connectivity index (χ3v) is 2.17. The van der Waals surface area contributed by atoms with Gasteiger partial charge in [-0.15, -0.1) is 0 Å². The number of carbonyl (C=O) groups excluding carboxylic acids is 1. The van der Waals surface area contributed by atoms with Crippen LogP contribution >= 0.6 is 12.6 Å². The van der Waals surface area contributed by atoms with Gasteiger partial charge in [0.2, 0.25) is 0 Å². The van der Waals surface area contributed by atoms with E-state index in [0.29, 0.717) is 13.0 Å². The SMILES string of the molecule is CC(=O)OCCC(C)(S)C=CC=C(C)C. The van der Waals surface area contributed by atoms with Gasteiger partial charge in [0, 0.05) is 11.7 Å². The molecule has 0 aliphatic rings. The molecule has 3 heteroatoms. The zero-order chi connectivity index (χ0) is 11.9. The van der Waals surface area contributed by atoms with Crippen LogP contribution in [0.25, 0.3) is 0 Å². The van der Waals surface area contributed by atoms with Crippen LogP contribution in [0.15, 0.2) is 23.8 Å². The van der Waals surface area contributed by atoms with E-state index >= 15 is 0 Å². The largest absolute Gasteiger partial charge is 0.466 e. The lowest BCUT2D eigenvalue weighted by Crippen LogP contribution is -2.17. The van der Waals surface area contributed by atoms with Crippen molar-refractivity contribution in [3.8, 4) is 0 Å². The second kappa shape index (κ2) is 6.72. The summed E-state index contributed by atoms with van der Waals surface area (Å²) in [7, 11) is 0. The second-order valence-electron chi connectivity index (χ2n) is 4.05. The van der Waals surface area contributed by atoms with Crippen LogP contribution in [0.5, 0.6) is 0 Å². The summed E-state index contributed by atoms with van der Waals surface area (Å²) in [6.07, 6.45) is 6.73. The summed E-state index contributed by atoms with van der Waals surface area (Å²) in [4.78, 5) is 10.6. The Bertz CT molecular complexity index is 261. The van der Waals surface area contributed by atoms with Crippen LogP contribution in [-0.2, 0) is 9.53 Å². The average Bonchev–Trinajstić information content (AvgIpc) is 2.01. The maximum absolute atomic E-state index is 10.6. The molecule has 15 heavy (non-hydrogen) atoms. The lowest BCUT2D eigenvalue weighted by molar-refractivity contribution is -0.141. The number of esters is 1. The van der Waals surface area contributed by atoms with Crippen molar-refractivity contribution in [1.82, 2.24) is 0 Å². The fourth-order valence-electron chi connectivity index (χ4n) is 0.933. The van der Waals surface area contributed by atoms with Gasteiger partial charge < -0.3 is 4.74 Å². The highest BCUT2D eigenvalue weighted by atomic mass is 32.1. The molecule has 0 radical (unpaired) electrons. The summed E-state index contributed by atoms with van der Waals surface area (Å²) in [5.41, 5.74) is 1.25. The van der Waals surface area contributed by atoms with E-state index in [9.17, 15) is 4.79 Å². The van der Waals surface area contributed by atoms with Crippen molar-refractivity contribution >= 4 is 18.6 Å². The van der Waals surface area contributed by atoms with Gasteiger partial charge in [-0.3, -0.25) is 4.79 Å². The lowest BCUT2D eigenvalue weighted by atomic mass is 10.1. The Morgan fingerprint density at radius 2 is 2.00 bits per heavy atom. The molecule has 0 saturated carbocycles. The minimum absolute atomic E-state index is 0.235. The highest BCUT2D eigenvalue weighted by molar-refractivity contribution is 7.82. The van der Waals surface area contributed by atoms with E-state index < -0.39 is 0 Å². The first-order chi connectivity index (χ1) is 6.83. The predicted octanol–water partition coefficient (Wildman–Crippen LogP) is 3.15. The van der Waals surface area contributed by atoms with Gasteiger partial charge in [-0.25, -0.2) is 0 Å². The molecule has 0 rings (SSSR count). The van der Waals surface area contributed by atoms with E-state index in [0.717, 1.165) is 0 Å². The number of ether oxygens (including phenoxy) is 1. The molecule has 0 aliphatic heterocycles. The highest BCUT2D eigenvalue weighted by Crippen LogP contribution is 2.20. The van der Waals surface area contributed by atoms with Crippen molar-refractivity contribution in [2.75, 3.05) is 6.61 Å². The number of rotatable bonds is 5. The zero-order valence-corrected chi connectivity index (χ0v) is 10.8. The van der Waals surface area contributed by atoms with Gasteiger partial charge >= 0.3 is 5.97 Å². The fraction of sp³-hybridized carbons (Fsp3) is 0.583. The molecule has 1 unspecified atom stereocenters. The molecule has 0 aromatic rings. The molecular weight excluding hydrogens is 208 g/mol. The number of carbonyl (C=O) groups is 1. The summed E-state index contributed by atoms with van der Waals surface area (Å²) in [6.45, 7) is 7.90. The summed E-state index contributed by atoms with van der Waals surface area (Å²) in [5, 5.41) is 0. The molecular formula is C12H20O2S. The number of thiol groups is 1. The highest BCUT2D eigenvalue weighted by Gasteiger charge is 2.14. The monoisotopic (exact) mass is 228 g/mol. The molecule has 0 spiro atoms. The van der Waals surface area contributed by atoms with Crippen molar-refractivity contribution < 1.29 is 9.53 Å². The predicted molar refractivity (Wildman–Crippen MR) is 67.2 cm³/mol. The number of hydrogen-bond donors (Lipinski definition) is 1. The molecule has 0 aromatic carbocycles. The van der Waals surface area contributed by atoms with Crippen LogP contribution < -0.4 is 0 Å². The van der Waals surface area contributed by atoms with E-state index in [1.807, 2.05) is 39.0 Å². The molecule has 2 nitrogen and oxygen atoms in total. The Balaban J connectivity index is 4.01. The number of hydrogen-bond acceptors (Lipinski definition) is 3. The van der Waals surface area contributed by atoms with Gasteiger partial charge in [-0.1, -0.05) is 23.8 Å². The smallest absolute Gasteiger partial charge is 0.302 e. The summed E-state index contributed by atoms with van der Waals surface area (Å²) in [6, 6.07) is 0. The lowest BCUT2D eigenvalue weighted by Gasteiger charge is -2.18. The van der Waals surface area contributed by atoms with Crippen molar-refractivity contribution in [2.45, 2.75) is 38.9 Å². The van der Waals surface area contributed by atoms with E-state index in [1.54, 1.807) is 0 Å².